The van der Waals surface area contributed by atoms with Crippen molar-refractivity contribution in [1.82, 2.24) is 0 Å². The number of aliphatic carboxylic acids is 1. The van der Waals surface area contributed by atoms with Crippen molar-refractivity contribution in [2.24, 2.45) is 0 Å². The zero-order valence-electron chi connectivity index (χ0n) is 4.08. The van der Waals surface area contributed by atoms with Gasteiger partial charge in [-0.05, 0) is 0 Å². The molecule has 0 amide bonds. The van der Waals surface area contributed by atoms with E-state index in [0.29, 0.717) is 0 Å². The molecule has 40 valence electrons. The molecule has 0 spiro atoms. The average Bonchev–Trinajstić information content (AvgIpc) is 1.65. The fourth-order valence-electron chi connectivity index (χ4n) is 0.0373. The Hall–Kier alpha value is -0.100. The normalized spacial score (nSPS) is 6.62. The van der Waals surface area contributed by atoms with Gasteiger partial charge in [-0.2, -0.15) is 5.26 Å². The molecule has 0 radical (unpaired) electrons. The second-order valence-electron chi connectivity index (χ2n) is 0.666. The Morgan fingerprint density at radius 2 is 1.88 bits per heavy atom. The standard InChI is InChI=1S/C2H2O5.Na/c3-1(4)2(5)7-6;/h6H,(H,3,4);/q;+1/p-1. The van der Waals surface area contributed by atoms with Crippen LogP contribution in [0.15, 0.2) is 0 Å². The van der Waals surface area contributed by atoms with E-state index < -0.39 is 11.9 Å². The molecule has 6 heteroatoms. The molecule has 0 aliphatic rings. The van der Waals surface area contributed by atoms with Gasteiger partial charge in [-0.25, -0.2) is 4.79 Å². The Labute approximate surface area is 66.5 Å². The van der Waals surface area contributed by atoms with Gasteiger partial charge in [0.05, 0.1) is 0 Å². The number of carbonyl (C=O) groups is 2. The van der Waals surface area contributed by atoms with Crippen LogP contribution in [0.3, 0.4) is 0 Å². The summed E-state index contributed by atoms with van der Waals surface area (Å²) < 4.78 is 0. The fraction of sp³-hybridized carbons (Fsp3) is 0. The van der Waals surface area contributed by atoms with E-state index in [9.17, 15) is 14.7 Å². The van der Waals surface area contributed by atoms with Gasteiger partial charge in [0.2, 0.25) is 0 Å². The summed E-state index contributed by atoms with van der Waals surface area (Å²) in [7, 11) is 0. The van der Waals surface area contributed by atoms with E-state index in [0.717, 1.165) is 0 Å². The van der Waals surface area contributed by atoms with Crippen molar-refractivity contribution in [3.05, 3.63) is 0 Å². The molecule has 5 nitrogen and oxygen atoms in total. The van der Waals surface area contributed by atoms with Crippen LogP contribution in [0.1, 0.15) is 0 Å². The van der Waals surface area contributed by atoms with E-state index in [4.69, 9.17) is 5.26 Å². The molecule has 0 fully saturated rings. The zero-order valence-corrected chi connectivity index (χ0v) is 6.08. The molecule has 0 aliphatic heterocycles. The zero-order chi connectivity index (χ0) is 5.86. The predicted octanol–water partition coefficient (Wildman–Crippen LogP) is -5.24. The molecule has 8 heavy (non-hydrogen) atoms. The summed E-state index contributed by atoms with van der Waals surface area (Å²) in [4.78, 5) is 21.3. The molecule has 0 aromatic heterocycles. The van der Waals surface area contributed by atoms with Crippen molar-refractivity contribution in [1.29, 1.82) is 0 Å². The predicted molar refractivity (Wildman–Crippen MR) is 13.7 cm³/mol. The number of carbonyl (C=O) groups excluding carboxylic acids is 2. The van der Waals surface area contributed by atoms with Gasteiger partial charge in [0.1, 0.15) is 0 Å². The van der Waals surface area contributed by atoms with E-state index in [1.807, 2.05) is 0 Å². The summed E-state index contributed by atoms with van der Waals surface area (Å²) in [6.07, 6.45) is 0. The molecule has 0 saturated carbocycles. The summed E-state index contributed by atoms with van der Waals surface area (Å²) >= 11 is 0. The Bertz CT molecular complexity index is 98.6. The van der Waals surface area contributed by atoms with Gasteiger partial charge in [-0.15, -0.1) is 0 Å². The summed E-state index contributed by atoms with van der Waals surface area (Å²) in [6.45, 7) is 0. The van der Waals surface area contributed by atoms with Crippen molar-refractivity contribution < 1.29 is 54.4 Å². The van der Waals surface area contributed by atoms with Gasteiger partial charge in [-0.3, -0.25) is 4.89 Å². The summed E-state index contributed by atoms with van der Waals surface area (Å²) in [6, 6.07) is 0. The molecular formula is C2HNaO5. The third kappa shape index (κ3) is 4.07. The van der Waals surface area contributed by atoms with E-state index in [-0.39, 0.29) is 29.6 Å². The number of carboxylic acids is 1. The van der Waals surface area contributed by atoms with Crippen molar-refractivity contribution >= 4 is 11.9 Å². The van der Waals surface area contributed by atoms with Gasteiger partial charge < -0.3 is 9.90 Å². The van der Waals surface area contributed by atoms with E-state index in [1.54, 1.807) is 0 Å². The minimum absolute atomic E-state index is 0. The van der Waals surface area contributed by atoms with Crippen molar-refractivity contribution in [3.8, 4) is 0 Å². The largest absolute Gasteiger partial charge is 1.00 e. The second kappa shape index (κ2) is 5.04. The molecule has 0 bridgehead atoms. The molecule has 0 aromatic carbocycles. The number of rotatable bonds is 0. The van der Waals surface area contributed by atoms with Crippen LogP contribution in [0, 0.1) is 0 Å². The molecule has 0 aromatic rings. The van der Waals surface area contributed by atoms with Crippen LogP contribution in [-0.2, 0) is 14.5 Å². The first-order valence-electron chi connectivity index (χ1n) is 1.25. The third-order valence-electron chi connectivity index (χ3n) is 0.250. The van der Waals surface area contributed by atoms with E-state index in [1.165, 1.54) is 0 Å². The molecule has 0 heterocycles. The maximum atomic E-state index is 9.38. The minimum atomic E-state index is -2.07. The van der Waals surface area contributed by atoms with Crippen molar-refractivity contribution in [2.45, 2.75) is 0 Å². The van der Waals surface area contributed by atoms with Gasteiger partial charge in [0.25, 0.3) is 0 Å². The monoisotopic (exact) mass is 128 g/mol. The van der Waals surface area contributed by atoms with Crippen LogP contribution in [-0.4, -0.2) is 17.2 Å². The second-order valence-corrected chi connectivity index (χ2v) is 0.666. The van der Waals surface area contributed by atoms with Crippen LogP contribution >= 0.6 is 0 Å². The maximum absolute atomic E-state index is 9.38. The Balaban J connectivity index is 0. The van der Waals surface area contributed by atoms with E-state index in [2.05, 4.69) is 4.89 Å². The van der Waals surface area contributed by atoms with E-state index >= 15 is 0 Å². The summed E-state index contributed by atoms with van der Waals surface area (Å²) in [5, 5.41) is 16.4. The fourth-order valence-corrected chi connectivity index (χ4v) is 0.0373. The van der Waals surface area contributed by atoms with Crippen LogP contribution in [0.4, 0.5) is 0 Å². The smallest absolute Gasteiger partial charge is 0.539 e. The van der Waals surface area contributed by atoms with Crippen LogP contribution in [0.2, 0.25) is 0 Å². The van der Waals surface area contributed by atoms with Crippen LogP contribution in [0.25, 0.3) is 0 Å². The van der Waals surface area contributed by atoms with Gasteiger partial charge in [-0.1, -0.05) is 0 Å². The molecule has 0 atom stereocenters. The number of hydrogen-bond donors (Lipinski definition) is 1. The first kappa shape index (κ1) is 10.8. The Kier molecular flexibility index (Phi) is 6.81. The molecule has 0 saturated heterocycles. The van der Waals surface area contributed by atoms with Gasteiger partial charge in [0.15, 0.2) is 5.97 Å². The topological polar surface area (TPSA) is 86.7 Å². The van der Waals surface area contributed by atoms with Crippen molar-refractivity contribution in [2.75, 3.05) is 0 Å². The molecule has 0 rings (SSSR count). The summed E-state index contributed by atoms with van der Waals surface area (Å²) in [5.74, 6) is -3.86. The molecule has 0 unspecified atom stereocenters. The third-order valence-corrected chi connectivity index (χ3v) is 0.250. The summed E-state index contributed by atoms with van der Waals surface area (Å²) in [5.41, 5.74) is 0. The van der Waals surface area contributed by atoms with Crippen LogP contribution < -0.4 is 34.7 Å². The van der Waals surface area contributed by atoms with Crippen LogP contribution in [0.5, 0.6) is 0 Å². The quantitative estimate of drug-likeness (QED) is 0.152. The first-order chi connectivity index (χ1) is 3.18. The molecule has 0 aliphatic carbocycles. The van der Waals surface area contributed by atoms with Gasteiger partial charge >= 0.3 is 35.5 Å². The Morgan fingerprint density at radius 1 is 1.50 bits per heavy atom. The maximum Gasteiger partial charge on any atom is 1.00 e. The molecular weight excluding hydrogens is 127 g/mol. The van der Waals surface area contributed by atoms with Crippen molar-refractivity contribution in [3.63, 3.8) is 0 Å². The minimum Gasteiger partial charge on any atom is -0.539 e. The first-order valence-corrected chi connectivity index (χ1v) is 1.25. The van der Waals surface area contributed by atoms with Gasteiger partial charge in [0, 0.05) is 0 Å². The number of hydrogen-bond acceptors (Lipinski definition) is 5. The average molecular weight is 128 g/mol. The molecule has 1 N–H and O–H groups in total. The number of carboxylic acid groups (broad SMARTS) is 1. The Morgan fingerprint density at radius 3 is 1.88 bits per heavy atom. The SMILES string of the molecule is O=C([O-])C(=O)OO.[Na+].